The summed E-state index contributed by atoms with van der Waals surface area (Å²) in [5.41, 5.74) is 0.667. The van der Waals surface area contributed by atoms with Gasteiger partial charge in [-0.2, -0.15) is 0 Å². The summed E-state index contributed by atoms with van der Waals surface area (Å²) in [6.45, 7) is 2.04. The van der Waals surface area contributed by atoms with Crippen LogP contribution in [0.5, 0.6) is 11.5 Å². The number of imide groups is 1. The highest BCUT2D eigenvalue weighted by molar-refractivity contribution is 6.42. The summed E-state index contributed by atoms with van der Waals surface area (Å²) in [5, 5.41) is 20.2. The molecule has 3 aromatic rings. The minimum atomic E-state index is -1.03. The van der Waals surface area contributed by atoms with Crippen LogP contribution < -0.4 is 9.64 Å². The van der Waals surface area contributed by atoms with Crippen LogP contribution >= 0.6 is 11.6 Å². The molecule has 8 heteroatoms. The van der Waals surface area contributed by atoms with Crippen LogP contribution in [-0.4, -0.2) is 34.6 Å². The number of nitrogens with zero attached hydrogens (tertiary/aromatic N) is 1. The number of rotatable bonds is 5. The van der Waals surface area contributed by atoms with Gasteiger partial charge in [-0.25, -0.2) is 4.90 Å². The number of benzene rings is 3. The molecule has 0 fully saturated rings. The second kappa shape index (κ2) is 7.35. The molecular weight excluding hydrogens is 410 g/mol. The average Bonchev–Trinajstić information content (AvgIpc) is 2.93. The largest absolute Gasteiger partial charge is 0.507 e. The zero-order valence-electron chi connectivity index (χ0n) is 15.8. The lowest BCUT2D eigenvalue weighted by molar-refractivity contribution is -0.136. The Hall–Kier alpha value is -3.58. The van der Waals surface area contributed by atoms with E-state index in [4.69, 9.17) is 21.4 Å². The Balaban J connectivity index is 1.91. The van der Waals surface area contributed by atoms with Gasteiger partial charge in [0.2, 0.25) is 0 Å². The van der Waals surface area contributed by atoms with E-state index < -0.39 is 17.8 Å². The third-order valence-electron chi connectivity index (χ3n) is 4.85. The van der Waals surface area contributed by atoms with Gasteiger partial charge in [-0.3, -0.25) is 14.4 Å². The second-order valence-electron chi connectivity index (χ2n) is 6.73. The number of phenols is 1. The molecule has 3 aromatic carbocycles. The van der Waals surface area contributed by atoms with Crippen LogP contribution in [0.25, 0.3) is 10.8 Å². The molecule has 2 amide bonds. The molecule has 30 heavy (non-hydrogen) atoms. The summed E-state index contributed by atoms with van der Waals surface area (Å²) < 4.78 is 5.61. The predicted molar refractivity (Wildman–Crippen MR) is 111 cm³/mol. The molecule has 0 bridgehead atoms. The fourth-order valence-electron chi connectivity index (χ4n) is 3.66. The number of fused-ring (bicyclic) bond motifs is 3. The van der Waals surface area contributed by atoms with Crippen molar-refractivity contribution in [2.24, 2.45) is 0 Å². The lowest BCUT2D eigenvalue weighted by Gasteiger charge is -2.16. The molecule has 1 aliphatic heterocycles. The van der Waals surface area contributed by atoms with Gasteiger partial charge in [-0.15, -0.1) is 0 Å². The first-order valence-corrected chi connectivity index (χ1v) is 9.51. The summed E-state index contributed by atoms with van der Waals surface area (Å²) in [6, 6.07) is 10.7. The zero-order valence-corrected chi connectivity index (χ0v) is 16.6. The predicted octanol–water partition coefficient (Wildman–Crippen LogP) is 4.03. The molecule has 2 N–H and O–H groups in total. The minimum absolute atomic E-state index is 0.0460. The number of carboxylic acid groups (broad SMARTS) is 1. The number of ether oxygens (including phenoxy) is 1. The van der Waals surface area contributed by atoms with E-state index in [9.17, 15) is 19.5 Å². The fraction of sp³-hybridized carbons (Fsp3) is 0.136. The van der Waals surface area contributed by atoms with Gasteiger partial charge in [0.15, 0.2) is 0 Å². The normalized spacial score (nSPS) is 13.1. The first-order chi connectivity index (χ1) is 14.3. The van der Waals surface area contributed by atoms with Gasteiger partial charge >= 0.3 is 5.97 Å². The van der Waals surface area contributed by atoms with Crippen LogP contribution in [0.1, 0.15) is 33.2 Å². The van der Waals surface area contributed by atoms with Crippen LogP contribution in [0.2, 0.25) is 5.02 Å². The van der Waals surface area contributed by atoms with Gasteiger partial charge in [0, 0.05) is 5.39 Å². The number of phenolic OH excluding ortho intramolecular Hbond substituents is 1. The summed E-state index contributed by atoms with van der Waals surface area (Å²) in [5.74, 6) is -2.18. The smallest absolute Gasteiger partial charge is 0.307 e. The van der Waals surface area contributed by atoms with Gasteiger partial charge in [0.25, 0.3) is 11.8 Å². The third kappa shape index (κ3) is 3.04. The van der Waals surface area contributed by atoms with Gasteiger partial charge in [-0.1, -0.05) is 29.8 Å². The van der Waals surface area contributed by atoms with Crippen molar-refractivity contribution in [3.8, 4) is 11.5 Å². The van der Waals surface area contributed by atoms with Crippen molar-refractivity contribution in [2.45, 2.75) is 13.3 Å². The molecule has 0 atom stereocenters. The highest BCUT2D eigenvalue weighted by Gasteiger charge is 2.42. The van der Waals surface area contributed by atoms with Crippen molar-refractivity contribution in [1.29, 1.82) is 0 Å². The summed E-state index contributed by atoms with van der Waals surface area (Å²) in [4.78, 5) is 38.4. The number of hydrogen-bond acceptors (Lipinski definition) is 5. The number of carboxylic acids is 1. The molecule has 0 aromatic heterocycles. The van der Waals surface area contributed by atoms with Crippen LogP contribution in [-0.2, 0) is 11.2 Å². The lowest BCUT2D eigenvalue weighted by atomic mass is 9.98. The Kier molecular flexibility index (Phi) is 4.83. The topological polar surface area (TPSA) is 104 Å². The molecule has 0 spiro atoms. The van der Waals surface area contributed by atoms with Gasteiger partial charge < -0.3 is 14.9 Å². The van der Waals surface area contributed by atoms with Gasteiger partial charge in [0.1, 0.15) is 11.5 Å². The zero-order chi connectivity index (χ0) is 21.6. The number of aromatic hydroxyl groups is 1. The van der Waals surface area contributed by atoms with Crippen molar-refractivity contribution < 1.29 is 29.3 Å². The Morgan fingerprint density at radius 1 is 1.10 bits per heavy atom. The Bertz CT molecular complexity index is 1240. The Morgan fingerprint density at radius 3 is 2.50 bits per heavy atom. The van der Waals surface area contributed by atoms with E-state index >= 15 is 0 Å². The molecule has 0 aliphatic carbocycles. The number of aliphatic carboxylic acids is 1. The molecule has 0 unspecified atom stereocenters. The van der Waals surface area contributed by atoms with Crippen LogP contribution in [0.15, 0.2) is 42.5 Å². The van der Waals surface area contributed by atoms with Crippen molar-refractivity contribution in [1.82, 2.24) is 0 Å². The maximum Gasteiger partial charge on any atom is 0.307 e. The van der Waals surface area contributed by atoms with Gasteiger partial charge in [0.05, 0.1) is 34.9 Å². The number of amides is 2. The molecule has 152 valence electrons. The van der Waals surface area contributed by atoms with E-state index in [0.29, 0.717) is 10.9 Å². The number of carbonyl (C=O) groups excluding carboxylic acids is 2. The molecule has 0 saturated heterocycles. The Morgan fingerprint density at radius 2 is 1.83 bits per heavy atom. The quantitative estimate of drug-likeness (QED) is 0.598. The number of halogens is 1. The van der Waals surface area contributed by atoms with E-state index in [1.54, 1.807) is 25.1 Å². The summed E-state index contributed by atoms with van der Waals surface area (Å²) in [6.07, 6.45) is -0.241. The van der Waals surface area contributed by atoms with Crippen LogP contribution in [0.4, 0.5) is 5.69 Å². The van der Waals surface area contributed by atoms with E-state index in [1.807, 2.05) is 0 Å². The number of hydrogen-bond donors (Lipinski definition) is 2. The molecule has 0 saturated carbocycles. The lowest BCUT2D eigenvalue weighted by Crippen LogP contribution is -2.29. The highest BCUT2D eigenvalue weighted by Crippen LogP contribution is 2.43. The highest BCUT2D eigenvalue weighted by atomic mass is 35.5. The van der Waals surface area contributed by atoms with Gasteiger partial charge in [-0.05, 0) is 42.1 Å². The van der Waals surface area contributed by atoms with E-state index in [2.05, 4.69) is 0 Å². The van der Waals surface area contributed by atoms with Crippen LogP contribution in [0.3, 0.4) is 0 Å². The average molecular weight is 426 g/mol. The fourth-order valence-corrected chi connectivity index (χ4v) is 3.95. The van der Waals surface area contributed by atoms with Crippen molar-refractivity contribution in [2.75, 3.05) is 11.5 Å². The summed E-state index contributed by atoms with van der Waals surface area (Å²) in [7, 11) is 0. The van der Waals surface area contributed by atoms with E-state index in [1.165, 1.54) is 24.3 Å². The van der Waals surface area contributed by atoms with E-state index in [-0.39, 0.29) is 51.7 Å². The van der Waals surface area contributed by atoms with Crippen molar-refractivity contribution >= 4 is 45.8 Å². The maximum absolute atomic E-state index is 13.3. The SMILES string of the molecule is CCOc1cc2cccc(O)c2c2c1C(=O)N(c1ccc(CC(=O)O)cc1Cl)C2=O. The van der Waals surface area contributed by atoms with E-state index in [0.717, 1.165) is 4.90 Å². The molecule has 0 radical (unpaired) electrons. The molecule has 1 heterocycles. The first kappa shape index (κ1) is 19.7. The molecule has 1 aliphatic rings. The monoisotopic (exact) mass is 425 g/mol. The second-order valence-corrected chi connectivity index (χ2v) is 7.14. The van der Waals surface area contributed by atoms with Crippen molar-refractivity contribution in [3.63, 3.8) is 0 Å². The number of anilines is 1. The third-order valence-corrected chi connectivity index (χ3v) is 5.15. The molecular formula is C22H16ClNO6. The number of carbonyl (C=O) groups is 3. The van der Waals surface area contributed by atoms with Crippen LogP contribution in [0, 0.1) is 0 Å². The summed E-state index contributed by atoms with van der Waals surface area (Å²) >= 11 is 6.30. The standard InChI is InChI=1S/C22H16ClNO6/c1-2-30-16-10-12-4-3-5-15(25)18(12)20-19(16)21(28)24(22(20)29)14-7-6-11(8-13(14)23)9-17(26)27/h3-8,10,25H,2,9H2,1H3,(H,26,27). The van der Waals surface area contributed by atoms with Crippen molar-refractivity contribution in [3.05, 3.63) is 64.2 Å². The molecule has 4 rings (SSSR count). The minimum Gasteiger partial charge on any atom is -0.507 e. The first-order valence-electron chi connectivity index (χ1n) is 9.14. The molecule has 7 nitrogen and oxygen atoms in total. The Labute approximate surface area is 176 Å². The maximum atomic E-state index is 13.3.